The van der Waals surface area contributed by atoms with Crippen molar-refractivity contribution in [3.63, 3.8) is 0 Å². The van der Waals surface area contributed by atoms with Crippen LogP contribution in [0.15, 0.2) is 18.3 Å². The zero-order chi connectivity index (χ0) is 17.4. The Kier molecular flexibility index (Phi) is 6.80. The number of likely N-dealkylation sites (tertiary alicyclic amines) is 1. The molecule has 2 rings (SSSR count). The predicted molar refractivity (Wildman–Crippen MR) is 89.0 cm³/mol. The molecule has 8 heteroatoms. The first-order valence-electron chi connectivity index (χ1n) is 8.01. The van der Waals surface area contributed by atoms with Gasteiger partial charge in [-0.25, -0.2) is 9.78 Å². The molecule has 1 aliphatic heterocycles. The Labute approximate surface area is 141 Å². The number of ether oxygens (including phenoxy) is 2. The second-order valence-corrected chi connectivity index (χ2v) is 5.67. The summed E-state index contributed by atoms with van der Waals surface area (Å²) in [4.78, 5) is 29.4. The molecule has 0 spiro atoms. The smallest absolute Gasteiger partial charge is 0.319 e. The number of nitrogens with one attached hydrogen (secondary N) is 2. The minimum atomic E-state index is -0.330. The molecule has 1 fully saturated rings. The Hall–Kier alpha value is -2.35. The topological polar surface area (TPSA) is 92.8 Å². The lowest BCUT2D eigenvalue weighted by Crippen LogP contribution is -2.44. The maximum atomic E-state index is 12.0. The maximum Gasteiger partial charge on any atom is 0.319 e. The lowest BCUT2D eigenvalue weighted by molar-refractivity contribution is -0.127. The van der Waals surface area contributed by atoms with Crippen molar-refractivity contribution in [1.29, 1.82) is 0 Å². The van der Waals surface area contributed by atoms with E-state index in [1.54, 1.807) is 24.1 Å². The first-order valence-corrected chi connectivity index (χ1v) is 8.01. The summed E-state index contributed by atoms with van der Waals surface area (Å²) in [7, 11) is 1.60. The summed E-state index contributed by atoms with van der Waals surface area (Å²) < 4.78 is 10.2. The molecule has 1 aromatic heterocycles. The van der Waals surface area contributed by atoms with Crippen LogP contribution in [0.3, 0.4) is 0 Å². The highest BCUT2D eigenvalue weighted by Gasteiger charge is 2.22. The third-order valence-electron chi connectivity index (χ3n) is 3.57. The number of aromatic nitrogens is 1. The van der Waals surface area contributed by atoms with Crippen LogP contribution < -0.4 is 15.4 Å². The molecule has 0 unspecified atom stereocenters. The van der Waals surface area contributed by atoms with E-state index in [2.05, 4.69) is 15.6 Å². The molecule has 132 valence electrons. The Morgan fingerprint density at radius 3 is 2.88 bits per heavy atom. The summed E-state index contributed by atoms with van der Waals surface area (Å²) in [5.74, 6) is 0.622. The second-order valence-electron chi connectivity index (χ2n) is 5.67. The van der Waals surface area contributed by atoms with Crippen LogP contribution in [0, 0.1) is 0 Å². The van der Waals surface area contributed by atoms with Gasteiger partial charge in [0.15, 0.2) is 0 Å². The highest BCUT2D eigenvalue weighted by molar-refractivity contribution is 5.89. The minimum Gasteiger partial charge on any atom is -0.475 e. The number of carbonyl (C=O) groups is 2. The molecular formula is C16H24N4O4. The SMILES string of the molecule is COCCOc1ccc(NC(=O)N[C@@H](C)CN2CCCC2=O)cn1. The first-order chi connectivity index (χ1) is 11.6. The number of nitrogens with zero attached hydrogens (tertiary/aromatic N) is 2. The first kappa shape index (κ1) is 18.0. The van der Waals surface area contributed by atoms with Crippen LogP contribution in [0.4, 0.5) is 10.5 Å². The van der Waals surface area contributed by atoms with Gasteiger partial charge in [-0.15, -0.1) is 0 Å². The van der Waals surface area contributed by atoms with Gasteiger partial charge in [-0.2, -0.15) is 0 Å². The molecule has 2 N–H and O–H groups in total. The zero-order valence-electron chi connectivity index (χ0n) is 14.1. The fourth-order valence-electron chi connectivity index (χ4n) is 2.43. The number of rotatable bonds is 8. The third-order valence-corrected chi connectivity index (χ3v) is 3.57. The van der Waals surface area contributed by atoms with Crippen molar-refractivity contribution >= 4 is 17.6 Å². The van der Waals surface area contributed by atoms with Crippen LogP contribution in [0.5, 0.6) is 5.88 Å². The molecule has 0 bridgehead atoms. The molecule has 1 saturated heterocycles. The normalized spacial score (nSPS) is 15.2. The van der Waals surface area contributed by atoms with E-state index in [1.807, 2.05) is 6.92 Å². The molecule has 0 aliphatic carbocycles. The summed E-state index contributed by atoms with van der Waals surface area (Å²) in [6, 6.07) is 2.93. The van der Waals surface area contributed by atoms with Gasteiger partial charge in [0.05, 0.1) is 18.5 Å². The number of carbonyl (C=O) groups excluding carboxylic acids is 2. The van der Waals surface area contributed by atoms with E-state index >= 15 is 0 Å². The van der Waals surface area contributed by atoms with Gasteiger partial charge >= 0.3 is 6.03 Å². The van der Waals surface area contributed by atoms with Gasteiger partial charge < -0.3 is 25.0 Å². The summed E-state index contributed by atoms with van der Waals surface area (Å²) in [5.41, 5.74) is 0.566. The molecule has 0 saturated carbocycles. The molecule has 0 aromatic carbocycles. The summed E-state index contributed by atoms with van der Waals surface area (Å²) in [5, 5.41) is 5.52. The van der Waals surface area contributed by atoms with Crippen molar-refractivity contribution in [2.45, 2.75) is 25.8 Å². The van der Waals surface area contributed by atoms with E-state index < -0.39 is 0 Å². The molecule has 0 radical (unpaired) electrons. The van der Waals surface area contributed by atoms with Crippen LogP contribution in [-0.2, 0) is 9.53 Å². The Morgan fingerprint density at radius 1 is 1.42 bits per heavy atom. The van der Waals surface area contributed by atoms with Crippen LogP contribution >= 0.6 is 0 Å². The fraction of sp³-hybridized carbons (Fsp3) is 0.562. The number of urea groups is 1. The molecule has 1 atom stereocenters. The monoisotopic (exact) mass is 336 g/mol. The largest absolute Gasteiger partial charge is 0.475 e. The number of methoxy groups -OCH3 is 1. The van der Waals surface area contributed by atoms with E-state index in [-0.39, 0.29) is 18.0 Å². The molecular weight excluding hydrogens is 312 g/mol. The maximum absolute atomic E-state index is 12.0. The van der Waals surface area contributed by atoms with Crippen molar-refractivity contribution in [2.75, 3.05) is 38.7 Å². The quantitative estimate of drug-likeness (QED) is 0.697. The van der Waals surface area contributed by atoms with Crippen molar-refractivity contribution < 1.29 is 19.1 Å². The number of pyridine rings is 1. The Bertz CT molecular complexity index is 550. The van der Waals surface area contributed by atoms with Gasteiger partial charge in [0.25, 0.3) is 0 Å². The standard InChI is InChI=1S/C16H24N4O4/c1-12(11-20-7-3-4-15(20)21)18-16(22)19-13-5-6-14(17-10-13)24-9-8-23-2/h5-6,10,12H,3-4,7-9,11H2,1-2H3,(H2,18,19,22)/t12-/m0/s1. The zero-order valence-corrected chi connectivity index (χ0v) is 14.1. The van der Waals surface area contributed by atoms with Crippen molar-refractivity contribution in [3.05, 3.63) is 18.3 Å². The van der Waals surface area contributed by atoms with E-state index in [1.165, 1.54) is 6.20 Å². The van der Waals surface area contributed by atoms with Crippen LogP contribution in [0.1, 0.15) is 19.8 Å². The highest BCUT2D eigenvalue weighted by Crippen LogP contribution is 2.12. The number of hydrogen-bond acceptors (Lipinski definition) is 5. The van der Waals surface area contributed by atoms with Gasteiger partial charge in [-0.1, -0.05) is 0 Å². The fourth-order valence-corrected chi connectivity index (χ4v) is 2.43. The molecule has 2 heterocycles. The Morgan fingerprint density at radius 2 is 2.25 bits per heavy atom. The van der Waals surface area contributed by atoms with Crippen LogP contribution in [0.25, 0.3) is 0 Å². The van der Waals surface area contributed by atoms with Gasteiger partial charge in [0.2, 0.25) is 11.8 Å². The van der Waals surface area contributed by atoms with E-state index in [4.69, 9.17) is 9.47 Å². The number of amides is 3. The average molecular weight is 336 g/mol. The van der Waals surface area contributed by atoms with Gasteiger partial charge in [-0.3, -0.25) is 4.79 Å². The van der Waals surface area contributed by atoms with Crippen LogP contribution in [-0.4, -0.2) is 61.3 Å². The van der Waals surface area contributed by atoms with Gasteiger partial charge in [-0.05, 0) is 19.4 Å². The molecule has 1 aliphatic rings. The lowest BCUT2D eigenvalue weighted by atomic mass is 10.3. The summed E-state index contributed by atoms with van der Waals surface area (Å²) >= 11 is 0. The van der Waals surface area contributed by atoms with E-state index in [0.29, 0.717) is 37.7 Å². The van der Waals surface area contributed by atoms with E-state index in [9.17, 15) is 9.59 Å². The minimum absolute atomic E-state index is 0.128. The molecule has 1 aromatic rings. The highest BCUT2D eigenvalue weighted by atomic mass is 16.5. The third kappa shape index (κ3) is 5.69. The predicted octanol–water partition coefficient (Wildman–Crippen LogP) is 1.24. The van der Waals surface area contributed by atoms with E-state index in [0.717, 1.165) is 13.0 Å². The Balaban J connectivity index is 1.74. The lowest BCUT2D eigenvalue weighted by Gasteiger charge is -2.21. The van der Waals surface area contributed by atoms with Crippen molar-refractivity contribution in [2.24, 2.45) is 0 Å². The van der Waals surface area contributed by atoms with Gasteiger partial charge in [0, 0.05) is 38.7 Å². The molecule has 3 amide bonds. The van der Waals surface area contributed by atoms with Crippen molar-refractivity contribution in [3.8, 4) is 5.88 Å². The molecule has 24 heavy (non-hydrogen) atoms. The van der Waals surface area contributed by atoms with Crippen molar-refractivity contribution in [1.82, 2.24) is 15.2 Å². The number of hydrogen-bond donors (Lipinski definition) is 2. The molecule has 8 nitrogen and oxygen atoms in total. The summed E-state index contributed by atoms with van der Waals surface area (Å²) in [6.45, 7) is 4.07. The number of anilines is 1. The van der Waals surface area contributed by atoms with Gasteiger partial charge in [0.1, 0.15) is 6.61 Å². The second kappa shape index (κ2) is 9.07. The summed E-state index contributed by atoms with van der Waals surface area (Å²) in [6.07, 6.45) is 3.02. The van der Waals surface area contributed by atoms with Crippen LogP contribution in [0.2, 0.25) is 0 Å². The average Bonchev–Trinajstić information content (AvgIpc) is 2.94.